The van der Waals surface area contributed by atoms with Crippen LogP contribution in [0.25, 0.3) is 22.2 Å². The Kier molecular flexibility index (Phi) is 7.32. The molecule has 1 aliphatic rings. The van der Waals surface area contributed by atoms with Crippen LogP contribution in [0.1, 0.15) is 57.2 Å². The van der Waals surface area contributed by atoms with E-state index in [0.717, 1.165) is 36.9 Å². The lowest BCUT2D eigenvalue weighted by atomic mass is 9.96. The number of rotatable bonds is 6. The maximum atomic E-state index is 15.3. The molecule has 0 bridgehead atoms. The van der Waals surface area contributed by atoms with Crippen LogP contribution in [0.3, 0.4) is 0 Å². The minimum Gasteiger partial charge on any atom is -0.598 e. The topological polar surface area (TPSA) is 52.9 Å². The zero-order valence-electron chi connectivity index (χ0n) is 20.3. The van der Waals surface area contributed by atoms with E-state index >= 15 is 4.39 Å². The molecule has 2 unspecified atom stereocenters. The molecule has 0 spiro atoms. The van der Waals surface area contributed by atoms with Crippen LogP contribution in [0, 0.1) is 11.2 Å². The molecule has 2 atom stereocenters. The van der Waals surface area contributed by atoms with Gasteiger partial charge in [0.2, 0.25) is 0 Å². The van der Waals surface area contributed by atoms with Crippen LogP contribution in [0.2, 0.25) is 0 Å². The third kappa shape index (κ3) is 5.91. The van der Waals surface area contributed by atoms with Gasteiger partial charge in [0.25, 0.3) is 0 Å². The monoisotopic (exact) mass is 549 g/mol. The van der Waals surface area contributed by atoms with Crippen LogP contribution in [-0.4, -0.2) is 25.5 Å². The van der Waals surface area contributed by atoms with Gasteiger partial charge in [-0.3, -0.25) is 4.98 Å². The van der Waals surface area contributed by atoms with Crippen LogP contribution in [0.15, 0.2) is 36.7 Å². The average Bonchev–Trinajstić information content (AvgIpc) is 3.03. The fraction of sp³-hybridized carbons (Fsp3) is 0.480. The Morgan fingerprint density at radius 2 is 1.81 bits per heavy atom. The van der Waals surface area contributed by atoms with Gasteiger partial charge in [-0.2, -0.15) is 26.3 Å². The van der Waals surface area contributed by atoms with Crippen molar-refractivity contribution in [2.24, 2.45) is 5.41 Å². The lowest BCUT2D eigenvalue weighted by Crippen LogP contribution is -2.44. The molecule has 1 saturated carbocycles. The molecule has 0 amide bonds. The van der Waals surface area contributed by atoms with Crippen molar-refractivity contribution in [3.05, 3.63) is 53.6 Å². The van der Waals surface area contributed by atoms with E-state index in [1.165, 1.54) is 10.8 Å². The van der Waals surface area contributed by atoms with Gasteiger partial charge in [0.05, 0.1) is 11.3 Å². The number of hydrogen-bond acceptors (Lipinski definition) is 3. The Balaban J connectivity index is 1.92. The number of nitrogens with one attached hydrogen (secondary N) is 1. The highest BCUT2D eigenvalue weighted by molar-refractivity contribution is 7.90. The van der Waals surface area contributed by atoms with Crippen molar-refractivity contribution in [1.29, 1.82) is 0 Å². The Labute approximate surface area is 212 Å². The Bertz CT molecular complexity index is 1280. The minimum absolute atomic E-state index is 0.116. The standard InChI is InChI=1S/C25H26F7N3OS/c1-23(2,3)13-35-12-17(22(25(30,31)32)34-37(36)14-6-4-7-14)15-10-19(26)16(11-20(15)35)21-18(24(27,28)29)8-5-9-33-21/h5,8-12,14,22,34H,4,6-7,13H2,1-3H3. The summed E-state index contributed by atoms with van der Waals surface area (Å²) in [7, 11) is 0. The highest BCUT2D eigenvalue weighted by Crippen LogP contribution is 2.43. The molecule has 1 N–H and O–H groups in total. The molecule has 0 radical (unpaired) electrons. The SMILES string of the molecule is CC(C)(C)Cn1cc(C(N[S+]([O-])C2CCC2)C(F)(F)F)c2cc(F)c(-c3ncccc3C(F)(F)F)cc21. The number of benzene rings is 1. The third-order valence-corrected chi connectivity index (χ3v) is 7.79. The summed E-state index contributed by atoms with van der Waals surface area (Å²) < 4.78 is 115. The van der Waals surface area contributed by atoms with Gasteiger partial charge < -0.3 is 9.12 Å². The van der Waals surface area contributed by atoms with E-state index in [-0.39, 0.29) is 23.0 Å². The van der Waals surface area contributed by atoms with Crippen molar-refractivity contribution in [3.63, 3.8) is 0 Å². The maximum Gasteiger partial charge on any atom is 0.418 e. The molecular formula is C25H26F7N3OS. The smallest absolute Gasteiger partial charge is 0.418 e. The van der Waals surface area contributed by atoms with Crippen molar-refractivity contribution in [3.8, 4) is 11.3 Å². The number of hydrogen-bond donors (Lipinski definition) is 1. The highest BCUT2D eigenvalue weighted by Gasteiger charge is 2.47. The molecule has 12 heteroatoms. The first kappa shape index (κ1) is 27.7. The van der Waals surface area contributed by atoms with Gasteiger partial charge in [0.15, 0.2) is 6.04 Å². The van der Waals surface area contributed by atoms with E-state index < -0.39 is 63.1 Å². The van der Waals surface area contributed by atoms with E-state index in [0.29, 0.717) is 12.8 Å². The van der Waals surface area contributed by atoms with Crippen LogP contribution in [-0.2, 0) is 24.1 Å². The Morgan fingerprint density at radius 1 is 1.14 bits per heavy atom. The second-order valence-electron chi connectivity index (χ2n) is 10.5. The van der Waals surface area contributed by atoms with E-state index in [1.807, 2.05) is 20.8 Å². The molecule has 0 aliphatic heterocycles. The van der Waals surface area contributed by atoms with Crippen molar-refractivity contribution in [2.45, 2.75) is 70.2 Å². The summed E-state index contributed by atoms with van der Waals surface area (Å²) in [6.07, 6.45) is -5.51. The fourth-order valence-electron chi connectivity index (χ4n) is 4.34. The van der Waals surface area contributed by atoms with Crippen molar-refractivity contribution < 1.29 is 35.3 Å². The average molecular weight is 550 g/mol. The summed E-state index contributed by atoms with van der Waals surface area (Å²) in [6.45, 7) is 5.72. The van der Waals surface area contributed by atoms with Gasteiger partial charge in [0.1, 0.15) is 11.1 Å². The van der Waals surface area contributed by atoms with Gasteiger partial charge >= 0.3 is 12.4 Å². The third-order valence-electron chi connectivity index (χ3n) is 6.24. The van der Waals surface area contributed by atoms with Crippen molar-refractivity contribution in [1.82, 2.24) is 14.3 Å². The highest BCUT2D eigenvalue weighted by atomic mass is 32.2. The second-order valence-corrected chi connectivity index (χ2v) is 12.0. The number of halogens is 7. The predicted octanol–water partition coefficient (Wildman–Crippen LogP) is 7.32. The van der Waals surface area contributed by atoms with Gasteiger partial charge in [0, 0.05) is 52.3 Å². The molecule has 202 valence electrons. The first-order chi connectivity index (χ1) is 17.1. The van der Waals surface area contributed by atoms with Gasteiger partial charge in [-0.1, -0.05) is 20.8 Å². The molecule has 0 saturated heterocycles. The van der Waals surface area contributed by atoms with E-state index in [9.17, 15) is 30.9 Å². The number of alkyl halides is 6. The second kappa shape index (κ2) is 9.77. The molecule has 1 aliphatic carbocycles. The van der Waals surface area contributed by atoms with Crippen LogP contribution in [0.4, 0.5) is 30.7 Å². The molecule has 4 rings (SSSR count). The lowest BCUT2D eigenvalue weighted by Gasteiger charge is -2.30. The molecule has 4 nitrogen and oxygen atoms in total. The number of aromatic nitrogens is 2. The first-order valence-electron chi connectivity index (χ1n) is 11.6. The number of fused-ring (bicyclic) bond motifs is 1. The molecule has 2 aromatic heterocycles. The molecule has 2 heterocycles. The first-order valence-corrected chi connectivity index (χ1v) is 12.9. The normalized spacial score (nSPS) is 17.2. The zero-order valence-corrected chi connectivity index (χ0v) is 21.1. The fourth-order valence-corrected chi connectivity index (χ4v) is 5.79. The van der Waals surface area contributed by atoms with E-state index in [4.69, 9.17) is 0 Å². The van der Waals surface area contributed by atoms with E-state index in [1.54, 1.807) is 0 Å². The van der Waals surface area contributed by atoms with Gasteiger partial charge in [-0.15, -0.1) is 4.72 Å². The van der Waals surface area contributed by atoms with Gasteiger partial charge in [-0.05, 0) is 48.9 Å². The molecule has 3 aromatic rings. The number of pyridine rings is 1. The summed E-state index contributed by atoms with van der Waals surface area (Å²) in [5, 5.41) is -0.531. The van der Waals surface area contributed by atoms with Crippen LogP contribution >= 0.6 is 0 Å². The Hall–Kier alpha value is -2.31. The summed E-state index contributed by atoms with van der Waals surface area (Å²) in [5.74, 6) is -1.15. The lowest BCUT2D eigenvalue weighted by molar-refractivity contribution is -0.152. The molecule has 37 heavy (non-hydrogen) atoms. The van der Waals surface area contributed by atoms with Crippen LogP contribution in [0.5, 0.6) is 0 Å². The largest absolute Gasteiger partial charge is 0.598 e. The van der Waals surface area contributed by atoms with Crippen LogP contribution < -0.4 is 4.72 Å². The summed E-state index contributed by atoms with van der Waals surface area (Å²) in [5.41, 5.74) is -2.96. The van der Waals surface area contributed by atoms with Crippen molar-refractivity contribution in [2.75, 3.05) is 0 Å². The Morgan fingerprint density at radius 3 is 2.35 bits per heavy atom. The summed E-state index contributed by atoms with van der Waals surface area (Å²) in [6, 6.07) is 1.40. The number of nitrogens with zero attached hydrogens (tertiary/aromatic N) is 2. The summed E-state index contributed by atoms with van der Waals surface area (Å²) in [4.78, 5) is 3.74. The van der Waals surface area contributed by atoms with Gasteiger partial charge in [-0.25, -0.2) is 4.39 Å². The predicted molar refractivity (Wildman–Crippen MR) is 127 cm³/mol. The summed E-state index contributed by atoms with van der Waals surface area (Å²) >= 11 is -1.97. The quantitative estimate of drug-likeness (QED) is 0.259. The molecular weight excluding hydrogens is 523 g/mol. The molecule has 1 aromatic carbocycles. The van der Waals surface area contributed by atoms with E-state index in [2.05, 4.69) is 9.71 Å². The maximum absolute atomic E-state index is 15.3. The zero-order chi connectivity index (χ0) is 27.3. The van der Waals surface area contributed by atoms with Crippen molar-refractivity contribution >= 4 is 22.3 Å². The molecule has 1 fully saturated rings. The minimum atomic E-state index is -4.86.